The molecule has 2 atom stereocenters. The van der Waals surface area contributed by atoms with Gasteiger partial charge in [0.15, 0.2) is 12.3 Å². The zero-order valence-corrected chi connectivity index (χ0v) is 17.7. The molecule has 4 rings (SSSR count). The second-order valence-corrected chi connectivity index (χ2v) is 7.85. The number of imide groups is 1. The molecule has 7 nitrogen and oxygen atoms in total. The van der Waals surface area contributed by atoms with Crippen molar-refractivity contribution < 1.29 is 23.7 Å². The van der Waals surface area contributed by atoms with Crippen LogP contribution < -0.4 is 10.1 Å². The van der Waals surface area contributed by atoms with Gasteiger partial charge in [-0.05, 0) is 31.0 Å². The number of carbonyl (C=O) groups excluding carboxylic acids is 3. The van der Waals surface area contributed by atoms with Crippen molar-refractivity contribution in [2.45, 2.75) is 38.8 Å². The van der Waals surface area contributed by atoms with Gasteiger partial charge < -0.3 is 10.1 Å². The van der Waals surface area contributed by atoms with Crippen LogP contribution >= 0.6 is 0 Å². The molecule has 0 aromatic heterocycles. The van der Waals surface area contributed by atoms with Crippen molar-refractivity contribution in [2.24, 2.45) is 0 Å². The third-order valence-corrected chi connectivity index (χ3v) is 5.69. The number of para-hydroxylation sites is 1. The summed E-state index contributed by atoms with van der Waals surface area (Å²) in [5, 5.41) is 2.89. The summed E-state index contributed by atoms with van der Waals surface area (Å²) in [6, 6.07) is 16.4. The summed E-state index contributed by atoms with van der Waals surface area (Å²) in [7, 11) is 0. The molecule has 0 aliphatic carbocycles. The summed E-state index contributed by atoms with van der Waals surface area (Å²) < 4.78 is 7.30. The van der Waals surface area contributed by atoms with Gasteiger partial charge in [-0.2, -0.15) is 14.3 Å². The Hall–Kier alpha value is -3.48. The molecule has 2 aliphatic heterocycles. The molecule has 160 valence electrons. The lowest BCUT2D eigenvalue weighted by Crippen LogP contribution is -2.59. The van der Waals surface area contributed by atoms with E-state index >= 15 is 0 Å². The summed E-state index contributed by atoms with van der Waals surface area (Å²) in [6.07, 6.45) is 0.384. The fraction of sp³-hybridized carbons (Fsp3) is 0.333. The number of nitrogens with one attached hydrogen (secondary N) is 1. The fourth-order valence-corrected chi connectivity index (χ4v) is 3.85. The van der Waals surface area contributed by atoms with Crippen LogP contribution in [0.5, 0.6) is 5.75 Å². The summed E-state index contributed by atoms with van der Waals surface area (Å²) in [5.41, 5.74) is 2.14. The number of hydrogen-bond acceptors (Lipinski definition) is 4. The summed E-state index contributed by atoms with van der Waals surface area (Å²) in [6.45, 7) is 3.94. The average molecular weight is 420 g/mol. The first kappa shape index (κ1) is 20.8. The van der Waals surface area contributed by atoms with E-state index in [0.29, 0.717) is 23.4 Å². The van der Waals surface area contributed by atoms with Gasteiger partial charge >= 0.3 is 11.9 Å². The van der Waals surface area contributed by atoms with E-state index in [4.69, 9.17) is 4.74 Å². The maximum Gasteiger partial charge on any atom is 0.501 e. The monoisotopic (exact) mass is 420 g/mol. The lowest BCUT2D eigenvalue weighted by atomic mass is 10.0. The Labute approximate surface area is 181 Å². The number of carbonyl (C=O) groups is 3. The number of hydrogen-bond donors (Lipinski definition) is 1. The molecule has 2 aliphatic rings. The maximum atomic E-state index is 13.4. The second-order valence-electron chi connectivity index (χ2n) is 7.85. The van der Waals surface area contributed by atoms with Crippen LogP contribution in [0, 0.1) is 0 Å². The van der Waals surface area contributed by atoms with Gasteiger partial charge in [0, 0.05) is 12.5 Å². The molecule has 0 spiro atoms. The molecule has 0 radical (unpaired) electrons. The van der Waals surface area contributed by atoms with E-state index in [1.54, 1.807) is 6.07 Å². The smallest absolute Gasteiger partial charge is 0.469 e. The Morgan fingerprint density at radius 1 is 1.13 bits per heavy atom. The van der Waals surface area contributed by atoms with E-state index in [-0.39, 0.29) is 25.0 Å². The topological polar surface area (TPSA) is 78.7 Å². The second kappa shape index (κ2) is 8.71. The molecule has 31 heavy (non-hydrogen) atoms. The van der Waals surface area contributed by atoms with Gasteiger partial charge in [0.05, 0.1) is 5.56 Å². The van der Waals surface area contributed by atoms with Crippen LogP contribution in [0.15, 0.2) is 54.6 Å². The van der Waals surface area contributed by atoms with Crippen molar-refractivity contribution in [2.75, 3.05) is 13.1 Å². The lowest BCUT2D eigenvalue weighted by molar-refractivity contribution is -0.429. The van der Waals surface area contributed by atoms with Crippen LogP contribution in [0.25, 0.3) is 0 Å². The van der Waals surface area contributed by atoms with E-state index < -0.39 is 18.0 Å². The van der Waals surface area contributed by atoms with E-state index in [0.717, 1.165) is 12.0 Å². The zero-order valence-electron chi connectivity index (χ0n) is 17.7. The van der Waals surface area contributed by atoms with E-state index in [9.17, 15) is 14.4 Å². The standard InChI is InChI=1S/C24H25N3O4/c1-3-16(2)25-20(28)15-27-21-18-11-7-8-12-19(18)31-22(21)23(29)26(24(27)30)14-13-17-9-5-4-6-10-17/h4-12,16,22H,3,13-15H2,1-2H3/p+1. The first-order valence-corrected chi connectivity index (χ1v) is 10.6. The fourth-order valence-electron chi connectivity index (χ4n) is 3.85. The molecule has 7 heteroatoms. The molecule has 0 fully saturated rings. The number of urea groups is 1. The lowest BCUT2D eigenvalue weighted by Gasteiger charge is -2.24. The highest BCUT2D eigenvalue weighted by atomic mass is 16.5. The normalized spacial score (nSPS) is 18.4. The Morgan fingerprint density at radius 2 is 1.84 bits per heavy atom. The van der Waals surface area contributed by atoms with Crippen molar-refractivity contribution >= 4 is 23.6 Å². The Bertz CT molecular complexity index is 1050. The van der Waals surface area contributed by atoms with Crippen molar-refractivity contribution in [1.29, 1.82) is 0 Å². The summed E-state index contributed by atoms with van der Waals surface area (Å²) in [5.74, 6) is -0.123. The predicted molar refractivity (Wildman–Crippen MR) is 115 cm³/mol. The van der Waals surface area contributed by atoms with Gasteiger partial charge in [-0.1, -0.05) is 49.4 Å². The maximum absolute atomic E-state index is 13.4. The molecule has 1 N–H and O–H groups in total. The van der Waals surface area contributed by atoms with E-state index in [2.05, 4.69) is 5.32 Å². The molecule has 2 aromatic carbocycles. The molecule has 2 heterocycles. The molecule has 0 bridgehead atoms. The van der Waals surface area contributed by atoms with Crippen LogP contribution in [-0.4, -0.2) is 58.3 Å². The summed E-state index contributed by atoms with van der Waals surface area (Å²) in [4.78, 5) is 40.4. The first-order valence-electron chi connectivity index (χ1n) is 10.6. The Morgan fingerprint density at radius 3 is 2.58 bits per heavy atom. The quantitative estimate of drug-likeness (QED) is 0.698. The number of rotatable bonds is 7. The molecule has 0 saturated heterocycles. The number of benzene rings is 2. The Balaban J connectivity index is 1.66. The zero-order chi connectivity index (χ0) is 22.0. The third kappa shape index (κ3) is 4.08. The van der Waals surface area contributed by atoms with Gasteiger partial charge in [0.25, 0.3) is 12.0 Å². The van der Waals surface area contributed by atoms with Crippen molar-refractivity contribution in [1.82, 2.24) is 10.2 Å². The Kier molecular flexibility index (Phi) is 5.84. The van der Waals surface area contributed by atoms with Gasteiger partial charge in [0.2, 0.25) is 0 Å². The highest BCUT2D eigenvalue weighted by Crippen LogP contribution is 2.32. The van der Waals surface area contributed by atoms with Gasteiger partial charge in [0.1, 0.15) is 12.3 Å². The predicted octanol–water partition coefficient (Wildman–Crippen LogP) is 2.37. The van der Waals surface area contributed by atoms with Crippen molar-refractivity contribution in [3.8, 4) is 5.75 Å². The van der Waals surface area contributed by atoms with Crippen molar-refractivity contribution in [3.05, 3.63) is 65.7 Å². The minimum atomic E-state index is -0.928. The minimum Gasteiger partial charge on any atom is -0.469 e. The van der Waals surface area contributed by atoms with Crippen LogP contribution in [0.4, 0.5) is 4.79 Å². The molecule has 0 saturated carbocycles. The van der Waals surface area contributed by atoms with Gasteiger partial charge in [-0.25, -0.2) is 4.79 Å². The van der Waals surface area contributed by atoms with Gasteiger partial charge in [-0.15, -0.1) is 0 Å². The van der Waals surface area contributed by atoms with Gasteiger partial charge in [-0.3, -0.25) is 4.79 Å². The molecule has 2 aromatic rings. The molecular formula is C24H26N3O4+. The van der Waals surface area contributed by atoms with Crippen LogP contribution in [-0.2, 0) is 16.0 Å². The SMILES string of the molecule is CCC(C)NC(=O)C[N+]1=C2c3ccccc3OC2C(=O)N(CCc2ccccc2)C1=O. The van der Waals surface area contributed by atoms with Crippen LogP contribution in [0.3, 0.4) is 0 Å². The third-order valence-electron chi connectivity index (χ3n) is 5.69. The van der Waals surface area contributed by atoms with E-state index in [1.165, 1.54) is 9.48 Å². The van der Waals surface area contributed by atoms with E-state index in [1.807, 2.05) is 62.4 Å². The minimum absolute atomic E-state index is 0.00359. The number of ether oxygens (including phenoxy) is 1. The molecular weight excluding hydrogens is 394 g/mol. The van der Waals surface area contributed by atoms with Crippen LogP contribution in [0.1, 0.15) is 31.4 Å². The number of amides is 4. The largest absolute Gasteiger partial charge is 0.501 e. The molecule has 2 unspecified atom stereocenters. The molecule has 4 amide bonds. The van der Waals surface area contributed by atoms with Crippen LogP contribution in [0.2, 0.25) is 0 Å². The highest BCUT2D eigenvalue weighted by Gasteiger charge is 2.53. The average Bonchev–Trinajstić information content (AvgIpc) is 3.17. The number of fused-ring (bicyclic) bond motifs is 3. The number of nitrogens with zero attached hydrogens (tertiary/aromatic N) is 2. The summed E-state index contributed by atoms with van der Waals surface area (Å²) >= 11 is 0. The highest BCUT2D eigenvalue weighted by molar-refractivity contribution is 6.22. The first-order chi connectivity index (χ1) is 15.0. The van der Waals surface area contributed by atoms with Crippen molar-refractivity contribution in [3.63, 3.8) is 0 Å².